The van der Waals surface area contributed by atoms with Gasteiger partial charge in [0.05, 0.1) is 5.71 Å². The monoisotopic (exact) mass is 258 g/mol. The molecule has 1 amide bonds. The number of rotatable bonds is 3. The minimum Gasteiger partial charge on any atom is -0.480 e. The second-order valence-corrected chi connectivity index (χ2v) is 5.09. The minimum atomic E-state index is -1.04. The maximum Gasteiger partial charge on any atom is 0.325 e. The maximum atomic E-state index is 11.9. The molecular formula is C14H14N2O3. The van der Waals surface area contributed by atoms with Crippen LogP contribution in [0.2, 0.25) is 0 Å². The Bertz CT molecular complexity index is 577. The number of fused-ring (bicyclic) bond motifs is 1. The number of hydrogen-bond acceptors (Lipinski definition) is 3. The Morgan fingerprint density at radius 1 is 1.37 bits per heavy atom. The average Bonchev–Trinajstić information content (AvgIpc) is 3.14. The Morgan fingerprint density at radius 3 is 2.68 bits per heavy atom. The third-order valence-electron chi connectivity index (χ3n) is 3.57. The molecular weight excluding hydrogens is 244 g/mol. The predicted octanol–water partition coefficient (Wildman–Crippen LogP) is 1.26. The summed E-state index contributed by atoms with van der Waals surface area (Å²) >= 11 is 0. The van der Waals surface area contributed by atoms with Crippen LogP contribution in [0.25, 0.3) is 0 Å². The zero-order valence-electron chi connectivity index (χ0n) is 10.5. The van der Waals surface area contributed by atoms with Gasteiger partial charge in [-0.15, -0.1) is 0 Å². The molecule has 1 aromatic carbocycles. The molecule has 98 valence electrons. The van der Waals surface area contributed by atoms with Crippen LogP contribution in [0.5, 0.6) is 0 Å². The summed E-state index contributed by atoms with van der Waals surface area (Å²) < 4.78 is 0. The SMILES string of the molecule is Cc1ccc(C2=NN(CC(=O)O)C(=O)C3CC23)cc1. The van der Waals surface area contributed by atoms with Crippen molar-refractivity contribution in [1.82, 2.24) is 5.01 Å². The highest BCUT2D eigenvalue weighted by atomic mass is 16.4. The van der Waals surface area contributed by atoms with E-state index >= 15 is 0 Å². The molecule has 1 aliphatic heterocycles. The smallest absolute Gasteiger partial charge is 0.325 e. The van der Waals surface area contributed by atoms with Crippen LogP contribution < -0.4 is 0 Å². The molecule has 0 bridgehead atoms. The van der Waals surface area contributed by atoms with Crippen LogP contribution in [0.3, 0.4) is 0 Å². The van der Waals surface area contributed by atoms with E-state index in [1.54, 1.807) is 0 Å². The van der Waals surface area contributed by atoms with Gasteiger partial charge < -0.3 is 5.11 Å². The van der Waals surface area contributed by atoms with E-state index in [1.165, 1.54) is 0 Å². The lowest BCUT2D eigenvalue weighted by atomic mass is 10.0. The van der Waals surface area contributed by atoms with E-state index in [0.717, 1.165) is 28.3 Å². The van der Waals surface area contributed by atoms with Crippen LogP contribution in [0.15, 0.2) is 29.4 Å². The number of hydrazone groups is 1. The van der Waals surface area contributed by atoms with Crippen molar-refractivity contribution < 1.29 is 14.7 Å². The molecule has 0 radical (unpaired) electrons. The highest BCUT2D eigenvalue weighted by molar-refractivity contribution is 6.09. The van der Waals surface area contributed by atoms with Gasteiger partial charge in [0.15, 0.2) is 0 Å². The van der Waals surface area contributed by atoms with E-state index in [-0.39, 0.29) is 24.3 Å². The number of benzene rings is 1. The Morgan fingerprint density at radius 2 is 2.05 bits per heavy atom. The highest BCUT2D eigenvalue weighted by Crippen LogP contribution is 2.45. The van der Waals surface area contributed by atoms with E-state index in [9.17, 15) is 9.59 Å². The fourth-order valence-corrected chi connectivity index (χ4v) is 2.45. The van der Waals surface area contributed by atoms with E-state index in [2.05, 4.69) is 5.10 Å². The minimum absolute atomic E-state index is 0.0758. The van der Waals surface area contributed by atoms with Crippen LogP contribution >= 0.6 is 0 Å². The Hall–Kier alpha value is -2.17. The lowest BCUT2D eigenvalue weighted by Crippen LogP contribution is -2.37. The number of carbonyl (C=O) groups excluding carboxylic acids is 1. The van der Waals surface area contributed by atoms with Crippen molar-refractivity contribution in [3.63, 3.8) is 0 Å². The third-order valence-corrected chi connectivity index (χ3v) is 3.57. The van der Waals surface area contributed by atoms with Crippen LogP contribution in [-0.2, 0) is 9.59 Å². The van der Waals surface area contributed by atoms with E-state index < -0.39 is 5.97 Å². The molecule has 2 unspecified atom stereocenters. The van der Waals surface area contributed by atoms with E-state index in [1.807, 2.05) is 31.2 Å². The Labute approximate surface area is 110 Å². The normalized spacial score (nSPS) is 24.8. The first-order chi connectivity index (χ1) is 9.06. The highest BCUT2D eigenvalue weighted by Gasteiger charge is 2.51. The standard InChI is InChI=1S/C14H14N2O3/c1-8-2-4-9(5-3-8)13-10-6-11(10)14(19)16(15-13)7-12(17)18/h2-5,10-11H,6-7H2,1H3,(H,17,18). The molecule has 5 heteroatoms. The van der Waals surface area contributed by atoms with Gasteiger partial charge in [0.25, 0.3) is 0 Å². The molecule has 1 aliphatic carbocycles. The summed E-state index contributed by atoms with van der Waals surface area (Å²) in [5, 5.41) is 14.1. The van der Waals surface area contributed by atoms with Gasteiger partial charge in [-0.25, -0.2) is 5.01 Å². The van der Waals surface area contributed by atoms with Gasteiger partial charge >= 0.3 is 5.97 Å². The summed E-state index contributed by atoms with van der Waals surface area (Å²) in [4.78, 5) is 22.6. The number of aliphatic carboxylic acids is 1. The Kier molecular flexibility index (Phi) is 2.62. The number of aryl methyl sites for hydroxylation is 1. The molecule has 0 spiro atoms. The number of nitrogens with zero attached hydrogens (tertiary/aromatic N) is 2. The van der Waals surface area contributed by atoms with Crippen molar-refractivity contribution in [2.75, 3.05) is 6.54 Å². The third kappa shape index (κ3) is 2.12. The molecule has 1 fully saturated rings. The quantitative estimate of drug-likeness (QED) is 0.887. The lowest BCUT2D eigenvalue weighted by molar-refractivity contribution is -0.145. The number of amides is 1. The average molecular weight is 258 g/mol. The van der Waals surface area contributed by atoms with Gasteiger partial charge in [-0.1, -0.05) is 29.8 Å². The van der Waals surface area contributed by atoms with E-state index in [0.29, 0.717) is 0 Å². The van der Waals surface area contributed by atoms with Crippen molar-refractivity contribution in [2.45, 2.75) is 13.3 Å². The molecule has 3 rings (SSSR count). The van der Waals surface area contributed by atoms with Crippen LogP contribution in [0.1, 0.15) is 17.5 Å². The number of carboxylic acid groups (broad SMARTS) is 1. The topological polar surface area (TPSA) is 70.0 Å². The summed E-state index contributed by atoms with van der Waals surface area (Å²) in [6.07, 6.45) is 0.779. The number of carbonyl (C=O) groups is 2. The summed E-state index contributed by atoms with van der Waals surface area (Å²) in [6, 6.07) is 7.93. The van der Waals surface area contributed by atoms with Crippen LogP contribution in [0, 0.1) is 18.8 Å². The summed E-state index contributed by atoms with van der Waals surface area (Å²) in [5.41, 5.74) is 2.97. The van der Waals surface area contributed by atoms with Crippen molar-refractivity contribution >= 4 is 17.6 Å². The Balaban J connectivity index is 1.93. The number of carboxylic acids is 1. The van der Waals surface area contributed by atoms with Gasteiger partial charge in [0, 0.05) is 11.8 Å². The molecule has 5 nitrogen and oxygen atoms in total. The molecule has 19 heavy (non-hydrogen) atoms. The molecule has 0 aromatic heterocycles. The first-order valence-electron chi connectivity index (χ1n) is 6.25. The zero-order chi connectivity index (χ0) is 13.6. The first kappa shape index (κ1) is 11.9. The maximum absolute atomic E-state index is 11.9. The second-order valence-electron chi connectivity index (χ2n) is 5.09. The van der Waals surface area contributed by atoms with Crippen molar-refractivity contribution in [3.8, 4) is 0 Å². The molecule has 2 aliphatic rings. The molecule has 1 heterocycles. The van der Waals surface area contributed by atoms with Crippen LogP contribution in [-0.4, -0.2) is 34.2 Å². The van der Waals surface area contributed by atoms with Crippen LogP contribution in [0.4, 0.5) is 0 Å². The zero-order valence-corrected chi connectivity index (χ0v) is 10.5. The lowest BCUT2D eigenvalue weighted by Gasteiger charge is -2.21. The van der Waals surface area contributed by atoms with Gasteiger partial charge in [-0.3, -0.25) is 9.59 Å². The second kappa shape index (κ2) is 4.19. The largest absolute Gasteiger partial charge is 0.480 e. The van der Waals surface area contributed by atoms with Gasteiger partial charge in [0.2, 0.25) is 5.91 Å². The van der Waals surface area contributed by atoms with E-state index in [4.69, 9.17) is 5.11 Å². The predicted molar refractivity (Wildman–Crippen MR) is 68.7 cm³/mol. The molecule has 1 aromatic rings. The molecule has 1 N–H and O–H groups in total. The first-order valence-corrected chi connectivity index (χ1v) is 6.25. The number of hydrogen-bond donors (Lipinski definition) is 1. The van der Waals surface area contributed by atoms with Crippen molar-refractivity contribution in [2.24, 2.45) is 16.9 Å². The fraction of sp³-hybridized carbons (Fsp3) is 0.357. The molecule has 1 saturated carbocycles. The van der Waals surface area contributed by atoms with Gasteiger partial charge in [-0.05, 0) is 18.9 Å². The summed E-state index contributed by atoms with van der Waals surface area (Å²) in [6.45, 7) is 1.64. The van der Waals surface area contributed by atoms with Gasteiger partial charge in [0.1, 0.15) is 6.54 Å². The molecule has 0 saturated heterocycles. The van der Waals surface area contributed by atoms with Gasteiger partial charge in [-0.2, -0.15) is 5.10 Å². The fourth-order valence-electron chi connectivity index (χ4n) is 2.45. The van der Waals surface area contributed by atoms with Crippen molar-refractivity contribution in [3.05, 3.63) is 35.4 Å². The summed E-state index contributed by atoms with van der Waals surface area (Å²) in [5.74, 6) is -1.11. The molecule has 2 atom stereocenters. The summed E-state index contributed by atoms with van der Waals surface area (Å²) in [7, 11) is 0. The van der Waals surface area contributed by atoms with Crippen molar-refractivity contribution in [1.29, 1.82) is 0 Å².